The van der Waals surface area contributed by atoms with Crippen LogP contribution < -0.4 is 10.6 Å². The van der Waals surface area contributed by atoms with Crippen molar-refractivity contribution in [1.29, 1.82) is 0 Å². The zero-order chi connectivity index (χ0) is 10.8. The molecule has 15 heavy (non-hydrogen) atoms. The van der Waals surface area contributed by atoms with Crippen LogP contribution in [0.5, 0.6) is 0 Å². The zero-order valence-corrected chi connectivity index (χ0v) is 10.7. The van der Waals surface area contributed by atoms with Crippen LogP contribution in [0.15, 0.2) is 4.90 Å². The Morgan fingerprint density at radius 3 is 2.60 bits per heavy atom. The Morgan fingerprint density at radius 1 is 1.33 bits per heavy atom. The Kier molecular flexibility index (Phi) is 3.38. The molecule has 0 spiro atoms. The highest BCUT2D eigenvalue weighted by Crippen LogP contribution is 2.37. The van der Waals surface area contributed by atoms with Gasteiger partial charge in [-0.1, -0.05) is 0 Å². The van der Waals surface area contributed by atoms with Crippen LogP contribution in [-0.2, 0) is 0 Å². The Bertz CT molecular complexity index is 331. The molecule has 1 aliphatic heterocycles. The van der Waals surface area contributed by atoms with Crippen LogP contribution in [0.25, 0.3) is 0 Å². The zero-order valence-electron chi connectivity index (χ0n) is 9.06. The van der Waals surface area contributed by atoms with Gasteiger partial charge in [0.25, 0.3) is 0 Å². The van der Waals surface area contributed by atoms with E-state index in [1.807, 2.05) is 0 Å². The Morgan fingerprint density at radius 2 is 2.00 bits per heavy atom. The van der Waals surface area contributed by atoms with Crippen LogP contribution in [-0.4, -0.2) is 48.8 Å². The first-order valence-electron chi connectivity index (χ1n) is 4.95. The minimum atomic E-state index is 0.682. The summed E-state index contributed by atoms with van der Waals surface area (Å²) in [5, 5.41) is 1.24. The van der Waals surface area contributed by atoms with Crippen molar-refractivity contribution >= 4 is 34.1 Å². The molecule has 6 heteroatoms. The predicted octanol–water partition coefficient (Wildman–Crippen LogP) is 1.20. The van der Waals surface area contributed by atoms with E-state index < -0.39 is 0 Å². The second-order valence-corrected chi connectivity index (χ2v) is 5.26. The fourth-order valence-corrected chi connectivity index (χ4v) is 3.43. The summed E-state index contributed by atoms with van der Waals surface area (Å²) in [5.74, 6) is 0.682. The van der Waals surface area contributed by atoms with Gasteiger partial charge in [-0.25, -0.2) is 0 Å². The first-order valence-corrected chi connectivity index (χ1v) is 6.95. The van der Waals surface area contributed by atoms with Crippen LogP contribution in [0.4, 0.5) is 10.8 Å². The highest BCUT2D eigenvalue weighted by atomic mass is 32.2. The number of piperazine rings is 1. The highest BCUT2D eigenvalue weighted by molar-refractivity contribution is 7.99. The molecule has 0 saturated carbocycles. The predicted molar refractivity (Wildman–Crippen MR) is 68.0 cm³/mol. The largest absolute Gasteiger partial charge is 0.382 e. The summed E-state index contributed by atoms with van der Waals surface area (Å²) in [6.07, 6.45) is 2.06. The fourth-order valence-electron chi connectivity index (χ4n) is 1.69. The molecule has 84 valence electrons. The van der Waals surface area contributed by atoms with E-state index in [-0.39, 0.29) is 0 Å². The molecular weight excluding hydrogens is 228 g/mol. The van der Waals surface area contributed by atoms with E-state index in [4.69, 9.17) is 5.73 Å². The molecule has 0 atom stereocenters. The number of nitrogens with two attached hydrogens (primary N) is 1. The molecule has 0 amide bonds. The summed E-state index contributed by atoms with van der Waals surface area (Å²) in [6, 6.07) is 0. The average Bonchev–Trinajstić information content (AvgIpc) is 2.61. The maximum Gasteiger partial charge on any atom is 0.153 e. The molecule has 2 rings (SSSR count). The monoisotopic (exact) mass is 244 g/mol. The SMILES string of the molecule is CSc1c(N)nsc1N1CCN(C)CC1. The van der Waals surface area contributed by atoms with Crippen molar-refractivity contribution in [1.82, 2.24) is 9.27 Å². The lowest BCUT2D eigenvalue weighted by Crippen LogP contribution is -2.44. The Labute approximate surface area is 98.6 Å². The van der Waals surface area contributed by atoms with Gasteiger partial charge in [0.15, 0.2) is 5.82 Å². The summed E-state index contributed by atoms with van der Waals surface area (Å²) in [5.41, 5.74) is 5.83. The van der Waals surface area contributed by atoms with Gasteiger partial charge >= 0.3 is 0 Å². The van der Waals surface area contributed by atoms with Crippen molar-refractivity contribution < 1.29 is 0 Å². The molecule has 0 unspecified atom stereocenters. The smallest absolute Gasteiger partial charge is 0.153 e. The van der Waals surface area contributed by atoms with Crippen LogP contribution in [0.1, 0.15) is 0 Å². The number of nitrogen functional groups attached to an aromatic ring is 1. The van der Waals surface area contributed by atoms with E-state index in [9.17, 15) is 0 Å². The van der Waals surface area contributed by atoms with Gasteiger partial charge in [0.05, 0.1) is 4.90 Å². The minimum absolute atomic E-state index is 0.682. The summed E-state index contributed by atoms with van der Waals surface area (Å²) >= 11 is 3.21. The standard InChI is InChI=1S/C9H16N4S2/c1-12-3-5-13(6-4-12)9-7(14-2)8(10)11-15-9/h3-6H2,1-2H3,(H2,10,11). The van der Waals surface area contributed by atoms with Gasteiger partial charge in [-0.15, -0.1) is 11.8 Å². The maximum absolute atomic E-state index is 5.83. The molecule has 2 heterocycles. The molecule has 0 bridgehead atoms. The third kappa shape index (κ3) is 2.21. The first kappa shape index (κ1) is 11.0. The minimum Gasteiger partial charge on any atom is -0.382 e. The van der Waals surface area contributed by atoms with E-state index in [1.165, 1.54) is 16.5 Å². The molecule has 0 aliphatic carbocycles. The van der Waals surface area contributed by atoms with Crippen LogP contribution in [0.3, 0.4) is 0 Å². The van der Waals surface area contributed by atoms with E-state index in [0.717, 1.165) is 31.1 Å². The number of thioether (sulfide) groups is 1. The van der Waals surface area contributed by atoms with Crippen LogP contribution in [0.2, 0.25) is 0 Å². The Balaban J connectivity index is 2.15. The second-order valence-electron chi connectivity index (χ2n) is 3.70. The molecular formula is C9H16N4S2. The van der Waals surface area contributed by atoms with Crippen LogP contribution in [0, 0.1) is 0 Å². The van der Waals surface area contributed by atoms with Crippen molar-refractivity contribution in [3.63, 3.8) is 0 Å². The number of hydrogen-bond donors (Lipinski definition) is 1. The van der Waals surface area contributed by atoms with Gasteiger partial charge < -0.3 is 15.5 Å². The van der Waals surface area contributed by atoms with Crippen molar-refractivity contribution in [2.75, 3.05) is 50.1 Å². The third-order valence-corrected chi connectivity index (χ3v) is 4.52. The lowest BCUT2D eigenvalue weighted by Gasteiger charge is -2.33. The first-order chi connectivity index (χ1) is 7.22. The normalized spacial score (nSPS) is 18.4. The van der Waals surface area contributed by atoms with Gasteiger partial charge in [0.1, 0.15) is 5.00 Å². The van der Waals surface area contributed by atoms with E-state index in [0.29, 0.717) is 5.82 Å². The van der Waals surface area contributed by atoms with Crippen molar-refractivity contribution in [2.45, 2.75) is 4.90 Å². The van der Waals surface area contributed by atoms with Gasteiger partial charge in [0, 0.05) is 26.2 Å². The molecule has 0 radical (unpaired) electrons. The average molecular weight is 244 g/mol. The number of nitrogens with zero attached hydrogens (tertiary/aromatic N) is 3. The summed E-state index contributed by atoms with van der Waals surface area (Å²) in [6.45, 7) is 4.38. The molecule has 4 nitrogen and oxygen atoms in total. The summed E-state index contributed by atoms with van der Waals surface area (Å²) in [4.78, 5) is 5.88. The topological polar surface area (TPSA) is 45.4 Å². The van der Waals surface area contributed by atoms with Gasteiger partial charge in [-0.3, -0.25) is 0 Å². The van der Waals surface area contributed by atoms with E-state index in [2.05, 4.69) is 27.5 Å². The van der Waals surface area contributed by atoms with Gasteiger partial charge in [-0.2, -0.15) is 4.37 Å². The quantitative estimate of drug-likeness (QED) is 0.792. The number of rotatable bonds is 2. The lowest BCUT2D eigenvalue weighted by atomic mass is 10.3. The molecule has 1 aromatic heterocycles. The van der Waals surface area contributed by atoms with E-state index in [1.54, 1.807) is 11.8 Å². The summed E-state index contributed by atoms with van der Waals surface area (Å²) in [7, 11) is 2.16. The molecule has 1 fully saturated rings. The lowest BCUT2D eigenvalue weighted by molar-refractivity contribution is 0.313. The second kappa shape index (κ2) is 4.59. The van der Waals surface area contributed by atoms with Crippen molar-refractivity contribution in [2.24, 2.45) is 0 Å². The fraction of sp³-hybridized carbons (Fsp3) is 0.667. The number of aromatic nitrogens is 1. The Hall–Kier alpha value is -0.460. The van der Waals surface area contributed by atoms with Gasteiger partial charge in [0.2, 0.25) is 0 Å². The highest BCUT2D eigenvalue weighted by Gasteiger charge is 2.20. The molecule has 0 aromatic carbocycles. The molecule has 1 aliphatic rings. The molecule has 2 N–H and O–H groups in total. The van der Waals surface area contributed by atoms with E-state index >= 15 is 0 Å². The van der Waals surface area contributed by atoms with Crippen LogP contribution >= 0.6 is 23.3 Å². The number of anilines is 2. The van der Waals surface area contributed by atoms with Crippen molar-refractivity contribution in [3.05, 3.63) is 0 Å². The van der Waals surface area contributed by atoms with Gasteiger partial charge in [-0.05, 0) is 24.8 Å². The van der Waals surface area contributed by atoms with Crippen molar-refractivity contribution in [3.8, 4) is 0 Å². The summed E-state index contributed by atoms with van der Waals surface area (Å²) < 4.78 is 4.22. The molecule has 1 aromatic rings. The maximum atomic E-state index is 5.83. The molecule has 1 saturated heterocycles. The number of hydrogen-bond acceptors (Lipinski definition) is 6. The number of likely N-dealkylation sites (N-methyl/N-ethyl adjacent to an activating group) is 1. The third-order valence-electron chi connectivity index (χ3n) is 2.65.